The van der Waals surface area contributed by atoms with Crippen LogP contribution >= 0.6 is 15.9 Å². The molecule has 2 aromatic rings. The van der Waals surface area contributed by atoms with E-state index < -0.39 is 0 Å². The smallest absolute Gasteiger partial charge is 0.243 e. The molecule has 0 aliphatic rings. The summed E-state index contributed by atoms with van der Waals surface area (Å²) in [5.74, 6) is 0.527. The van der Waals surface area contributed by atoms with Gasteiger partial charge in [-0.1, -0.05) is 6.92 Å². The molecule has 86 valence electrons. The number of hydrogen-bond acceptors (Lipinski definition) is 4. The molecule has 0 aromatic carbocycles. The summed E-state index contributed by atoms with van der Waals surface area (Å²) in [5.41, 5.74) is 0.760. The highest BCUT2D eigenvalue weighted by atomic mass is 79.9. The molecule has 2 rings (SSSR count). The van der Waals surface area contributed by atoms with Crippen LogP contribution in [0.15, 0.2) is 22.8 Å². The van der Waals surface area contributed by atoms with Crippen LogP contribution in [0, 0.1) is 0 Å². The van der Waals surface area contributed by atoms with E-state index in [1.54, 1.807) is 4.52 Å². The van der Waals surface area contributed by atoms with Crippen molar-refractivity contribution in [3.63, 3.8) is 0 Å². The van der Waals surface area contributed by atoms with Crippen molar-refractivity contribution < 1.29 is 5.11 Å². The molecule has 6 heteroatoms. The van der Waals surface area contributed by atoms with Gasteiger partial charge in [0.2, 0.25) is 5.95 Å². The largest absolute Gasteiger partial charge is 0.391 e. The Morgan fingerprint density at radius 3 is 3.12 bits per heavy atom. The molecule has 16 heavy (non-hydrogen) atoms. The van der Waals surface area contributed by atoms with Crippen LogP contribution in [0.2, 0.25) is 0 Å². The lowest BCUT2D eigenvalue weighted by Gasteiger charge is -2.06. The molecular weight excluding hydrogens is 272 g/mol. The Balaban J connectivity index is 2.17. The number of aliphatic hydroxyl groups excluding tert-OH is 1. The Morgan fingerprint density at radius 1 is 1.62 bits per heavy atom. The summed E-state index contributed by atoms with van der Waals surface area (Å²) in [6.45, 7) is 2.39. The van der Waals surface area contributed by atoms with E-state index in [1.807, 2.05) is 25.3 Å². The summed E-state index contributed by atoms with van der Waals surface area (Å²) in [4.78, 5) is 4.30. The van der Waals surface area contributed by atoms with Gasteiger partial charge in [-0.05, 0) is 34.5 Å². The Bertz CT molecular complexity index is 485. The van der Waals surface area contributed by atoms with Gasteiger partial charge in [0, 0.05) is 12.7 Å². The van der Waals surface area contributed by atoms with Gasteiger partial charge in [0.25, 0.3) is 0 Å². The standard InChI is InChI=1S/C10H13BrN4O/c1-2-7(16)6-12-10-13-9-8(11)4-3-5-15(9)14-10/h3-5,7,16H,2,6H2,1H3,(H,12,14). The Morgan fingerprint density at radius 2 is 2.44 bits per heavy atom. The molecule has 0 saturated carbocycles. The molecule has 0 amide bonds. The molecule has 2 N–H and O–H groups in total. The summed E-state index contributed by atoms with van der Waals surface area (Å²) >= 11 is 3.40. The maximum Gasteiger partial charge on any atom is 0.243 e. The third kappa shape index (κ3) is 2.33. The average Bonchev–Trinajstić information content (AvgIpc) is 2.70. The predicted octanol–water partition coefficient (Wildman–Crippen LogP) is 1.67. The topological polar surface area (TPSA) is 62.5 Å². The highest BCUT2D eigenvalue weighted by Crippen LogP contribution is 2.16. The minimum absolute atomic E-state index is 0.366. The van der Waals surface area contributed by atoms with Gasteiger partial charge in [-0.3, -0.25) is 0 Å². The number of nitrogens with zero attached hydrogens (tertiary/aromatic N) is 3. The summed E-state index contributed by atoms with van der Waals surface area (Å²) < 4.78 is 2.58. The van der Waals surface area contributed by atoms with Crippen LogP contribution in [0.3, 0.4) is 0 Å². The minimum Gasteiger partial charge on any atom is -0.391 e. The molecule has 2 heterocycles. The van der Waals surface area contributed by atoms with Gasteiger partial charge >= 0.3 is 0 Å². The minimum atomic E-state index is -0.366. The number of aromatic nitrogens is 3. The number of anilines is 1. The molecule has 0 aliphatic carbocycles. The molecule has 1 atom stereocenters. The van der Waals surface area contributed by atoms with E-state index in [2.05, 4.69) is 31.3 Å². The molecule has 0 bridgehead atoms. The summed E-state index contributed by atoms with van der Waals surface area (Å²) in [7, 11) is 0. The van der Waals surface area contributed by atoms with Gasteiger partial charge in [0.1, 0.15) is 0 Å². The van der Waals surface area contributed by atoms with Crippen LogP contribution in [0.25, 0.3) is 5.65 Å². The van der Waals surface area contributed by atoms with Crippen LogP contribution in [-0.4, -0.2) is 32.4 Å². The van der Waals surface area contributed by atoms with Crippen molar-refractivity contribution in [3.05, 3.63) is 22.8 Å². The predicted molar refractivity (Wildman–Crippen MR) is 65.5 cm³/mol. The number of nitrogens with one attached hydrogen (secondary N) is 1. The first kappa shape index (κ1) is 11.3. The van der Waals surface area contributed by atoms with E-state index in [0.29, 0.717) is 18.9 Å². The fourth-order valence-electron chi connectivity index (χ4n) is 1.30. The maximum atomic E-state index is 9.41. The van der Waals surface area contributed by atoms with Crippen molar-refractivity contribution in [1.29, 1.82) is 0 Å². The SMILES string of the molecule is CCC(O)CNc1nc2c(Br)cccn2n1. The summed E-state index contributed by atoms with van der Waals surface area (Å²) in [6.07, 6.45) is 2.17. The van der Waals surface area contributed by atoms with E-state index in [0.717, 1.165) is 10.1 Å². The van der Waals surface area contributed by atoms with Gasteiger partial charge in [-0.25, -0.2) is 4.52 Å². The molecule has 0 spiro atoms. The molecule has 0 radical (unpaired) electrons. The van der Waals surface area contributed by atoms with Crippen molar-refractivity contribution in [2.75, 3.05) is 11.9 Å². The zero-order valence-corrected chi connectivity index (χ0v) is 10.5. The van der Waals surface area contributed by atoms with Crippen molar-refractivity contribution in [2.24, 2.45) is 0 Å². The third-order valence-electron chi connectivity index (χ3n) is 2.28. The maximum absolute atomic E-state index is 9.41. The molecule has 0 fully saturated rings. The van der Waals surface area contributed by atoms with Crippen molar-refractivity contribution >= 4 is 27.5 Å². The molecule has 5 nitrogen and oxygen atoms in total. The number of fused-ring (bicyclic) bond motifs is 1. The van der Waals surface area contributed by atoms with Crippen molar-refractivity contribution in [1.82, 2.24) is 14.6 Å². The van der Waals surface area contributed by atoms with Crippen LogP contribution < -0.4 is 5.32 Å². The zero-order valence-electron chi connectivity index (χ0n) is 8.89. The first-order chi connectivity index (χ1) is 7.70. The highest BCUT2D eigenvalue weighted by Gasteiger charge is 2.07. The van der Waals surface area contributed by atoms with Gasteiger partial charge in [-0.15, -0.1) is 5.10 Å². The Labute approximate surface area is 102 Å². The van der Waals surface area contributed by atoms with E-state index in [4.69, 9.17) is 0 Å². The Kier molecular flexibility index (Phi) is 3.40. The number of rotatable bonds is 4. The quantitative estimate of drug-likeness (QED) is 0.897. The first-order valence-corrected chi connectivity index (χ1v) is 5.93. The Hall–Kier alpha value is -1.14. The molecule has 0 saturated heterocycles. The second-order valence-corrected chi connectivity index (χ2v) is 4.36. The second-order valence-electron chi connectivity index (χ2n) is 3.50. The number of halogens is 1. The van der Waals surface area contributed by atoms with Crippen LogP contribution in [0.5, 0.6) is 0 Å². The molecular formula is C10H13BrN4O. The molecule has 2 aromatic heterocycles. The van der Waals surface area contributed by atoms with Gasteiger partial charge in [0.05, 0.1) is 10.6 Å². The van der Waals surface area contributed by atoms with Crippen molar-refractivity contribution in [2.45, 2.75) is 19.4 Å². The van der Waals surface area contributed by atoms with E-state index in [-0.39, 0.29) is 6.10 Å². The lowest BCUT2D eigenvalue weighted by atomic mass is 10.3. The fraction of sp³-hybridized carbons (Fsp3) is 0.400. The van der Waals surface area contributed by atoms with E-state index in [9.17, 15) is 5.11 Å². The summed E-state index contributed by atoms with van der Waals surface area (Å²) in [6, 6.07) is 3.80. The van der Waals surface area contributed by atoms with Crippen LogP contribution in [0.1, 0.15) is 13.3 Å². The van der Waals surface area contributed by atoms with Crippen molar-refractivity contribution in [3.8, 4) is 0 Å². The number of aliphatic hydroxyl groups is 1. The lowest BCUT2D eigenvalue weighted by Crippen LogP contribution is -2.18. The van der Waals surface area contributed by atoms with Gasteiger partial charge in [0.15, 0.2) is 5.65 Å². The second kappa shape index (κ2) is 4.80. The number of pyridine rings is 1. The van der Waals surface area contributed by atoms with Gasteiger partial charge in [-0.2, -0.15) is 4.98 Å². The molecule has 1 unspecified atom stereocenters. The summed E-state index contributed by atoms with van der Waals surface area (Å²) in [5, 5.41) is 16.6. The number of hydrogen-bond donors (Lipinski definition) is 2. The highest BCUT2D eigenvalue weighted by molar-refractivity contribution is 9.10. The fourth-order valence-corrected chi connectivity index (χ4v) is 1.72. The third-order valence-corrected chi connectivity index (χ3v) is 2.90. The monoisotopic (exact) mass is 284 g/mol. The van der Waals surface area contributed by atoms with E-state index in [1.165, 1.54) is 0 Å². The first-order valence-electron chi connectivity index (χ1n) is 5.13. The van der Waals surface area contributed by atoms with Crippen LogP contribution in [0.4, 0.5) is 5.95 Å². The van der Waals surface area contributed by atoms with E-state index >= 15 is 0 Å². The normalized spacial score (nSPS) is 12.9. The van der Waals surface area contributed by atoms with Gasteiger partial charge < -0.3 is 10.4 Å². The zero-order chi connectivity index (χ0) is 11.5. The average molecular weight is 285 g/mol. The molecule has 0 aliphatic heterocycles. The van der Waals surface area contributed by atoms with Crippen LogP contribution in [-0.2, 0) is 0 Å². The lowest BCUT2D eigenvalue weighted by molar-refractivity contribution is 0.183.